The Morgan fingerprint density at radius 2 is 2.23 bits per heavy atom. The van der Waals surface area contributed by atoms with Gasteiger partial charge in [0.25, 0.3) is 0 Å². The Morgan fingerprint density at radius 3 is 2.62 bits per heavy atom. The summed E-state index contributed by atoms with van der Waals surface area (Å²) >= 11 is 0. The molecule has 0 aromatic carbocycles. The van der Waals surface area contributed by atoms with E-state index in [1.165, 1.54) is 7.11 Å². The Morgan fingerprint density at radius 1 is 1.62 bits per heavy atom. The quantitative estimate of drug-likeness (QED) is 0.675. The van der Waals surface area contributed by atoms with E-state index in [2.05, 4.69) is 9.72 Å². The molecule has 13 heavy (non-hydrogen) atoms. The first-order chi connectivity index (χ1) is 6.06. The predicted molar refractivity (Wildman–Crippen MR) is 44.9 cm³/mol. The highest BCUT2D eigenvalue weighted by Crippen LogP contribution is 2.16. The molecule has 1 unspecified atom stereocenters. The topological polar surface area (TPSA) is 78.4 Å². The molecule has 0 radical (unpaired) electrons. The van der Waals surface area contributed by atoms with E-state index in [9.17, 15) is 4.79 Å². The molecule has 72 valence electrons. The standard InChI is InChI=1S/C8H12N2O3/c1-4-7(10-5(2)13-4)6(9)8(11)12-3/h6H,9H2,1-3H3. The summed E-state index contributed by atoms with van der Waals surface area (Å²) < 4.78 is 9.62. The van der Waals surface area contributed by atoms with Crippen molar-refractivity contribution in [2.24, 2.45) is 5.73 Å². The fourth-order valence-corrected chi connectivity index (χ4v) is 1.07. The zero-order chi connectivity index (χ0) is 10.0. The number of oxazole rings is 1. The van der Waals surface area contributed by atoms with Crippen LogP contribution in [0.15, 0.2) is 4.42 Å². The minimum atomic E-state index is -0.859. The summed E-state index contributed by atoms with van der Waals surface area (Å²) in [5, 5.41) is 0. The first kappa shape index (κ1) is 9.73. The van der Waals surface area contributed by atoms with E-state index >= 15 is 0 Å². The number of ether oxygens (including phenoxy) is 1. The first-order valence-electron chi connectivity index (χ1n) is 3.83. The summed E-state index contributed by atoms with van der Waals surface area (Å²) in [4.78, 5) is 15.0. The van der Waals surface area contributed by atoms with Gasteiger partial charge in [-0.2, -0.15) is 0 Å². The lowest BCUT2D eigenvalue weighted by molar-refractivity contribution is -0.142. The minimum absolute atomic E-state index is 0.435. The van der Waals surface area contributed by atoms with Crippen LogP contribution < -0.4 is 5.73 Å². The zero-order valence-electron chi connectivity index (χ0n) is 7.83. The van der Waals surface area contributed by atoms with Crippen LogP contribution in [0, 0.1) is 13.8 Å². The summed E-state index contributed by atoms with van der Waals surface area (Å²) in [7, 11) is 1.28. The molecule has 0 saturated heterocycles. The lowest BCUT2D eigenvalue weighted by Gasteiger charge is -2.05. The van der Waals surface area contributed by atoms with Gasteiger partial charge < -0.3 is 14.9 Å². The molecule has 0 spiro atoms. The Balaban J connectivity index is 2.94. The Kier molecular flexibility index (Phi) is 2.67. The molecule has 0 amide bonds. The van der Waals surface area contributed by atoms with Crippen LogP contribution in [0.5, 0.6) is 0 Å². The molecule has 0 bridgehead atoms. The molecule has 0 saturated carbocycles. The van der Waals surface area contributed by atoms with Gasteiger partial charge in [0.1, 0.15) is 17.5 Å². The molecule has 1 heterocycles. The third-order valence-electron chi connectivity index (χ3n) is 1.69. The van der Waals surface area contributed by atoms with Crippen LogP contribution in [0.25, 0.3) is 0 Å². The number of hydrogen-bond acceptors (Lipinski definition) is 5. The van der Waals surface area contributed by atoms with Crippen molar-refractivity contribution in [2.45, 2.75) is 19.9 Å². The number of esters is 1. The smallest absolute Gasteiger partial charge is 0.329 e. The van der Waals surface area contributed by atoms with Gasteiger partial charge in [-0.15, -0.1) is 0 Å². The van der Waals surface area contributed by atoms with Crippen molar-refractivity contribution < 1.29 is 13.9 Å². The fraction of sp³-hybridized carbons (Fsp3) is 0.500. The third kappa shape index (κ3) is 1.86. The van der Waals surface area contributed by atoms with Gasteiger partial charge >= 0.3 is 5.97 Å². The lowest BCUT2D eigenvalue weighted by Crippen LogP contribution is -2.23. The van der Waals surface area contributed by atoms with Crippen molar-refractivity contribution >= 4 is 5.97 Å². The van der Waals surface area contributed by atoms with Gasteiger partial charge in [-0.1, -0.05) is 0 Å². The van der Waals surface area contributed by atoms with Crippen LogP contribution in [0.1, 0.15) is 23.4 Å². The lowest BCUT2D eigenvalue weighted by atomic mass is 10.2. The summed E-state index contributed by atoms with van der Waals surface area (Å²) in [5.41, 5.74) is 6.00. The molecule has 1 atom stereocenters. The van der Waals surface area contributed by atoms with Crippen molar-refractivity contribution in [3.05, 3.63) is 17.3 Å². The molecule has 0 fully saturated rings. The van der Waals surface area contributed by atoms with Crippen LogP contribution in [-0.2, 0) is 9.53 Å². The number of nitrogens with zero attached hydrogens (tertiary/aromatic N) is 1. The van der Waals surface area contributed by atoms with Gasteiger partial charge in [0.05, 0.1) is 7.11 Å². The predicted octanol–water partition coefficient (Wildman–Crippen LogP) is 0.464. The summed E-state index contributed by atoms with van der Waals surface area (Å²) in [6, 6.07) is -0.859. The molecular formula is C8H12N2O3. The molecule has 2 N–H and O–H groups in total. The third-order valence-corrected chi connectivity index (χ3v) is 1.69. The van der Waals surface area contributed by atoms with Gasteiger partial charge in [0.2, 0.25) is 0 Å². The summed E-state index contributed by atoms with van der Waals surface area (Å²) in [6.07, 6.45) is 0. The normalized spacial score (nSPS) is 12.6. The molecule has 5 heteroatoms. The van der Waals surface area contributed by atoms with Gasteiger partial charge in [0.15, 0.2) is 5.89 Å². The number of methoxy groups -OCH3 is 1. The van der Waals surface area contributed by atoms with Crippen LogP contribution in [0.4, 0.5) is 0 Å². The number of aromatic nitrogens is 1. The van der Waals surface area contributed by atoms with E-state index in [0.29, 0.717) is 17.3 Å². The number of nitrogens with two attached hydrogens (primary N) is 1. The number of hydrogen-bond donors (Lipinski definition) is 1. The Labute approximate surface area is 75.9 Å². The van der Waals surface area contributed by atoms with Gasteiger partial charge in [-0.25, -0.2) is 9.78 Å². The maximum Gasteiger partial charge on any atom is 0.329 e. The fourth-order valence-electron chi connectivity index (χ4n) is 1.07. The van der Waals surface area contributed by atoms with Gasteiger partial charge in [-0.05, 0) is 6.92 Å². The number of carbonyl (C=O) groups is 1. The highest BCUT2D eigenvalue weighted by molar-refractivity contribution is 5.76. The second-order valence-electron chi connectivity index (χ2n) is 2.68. The van der Waals surface area contributed by atoms with Crippen molar-refractivity contribution in [3.63, 3.8) is 0 Å². The highest BCUT2D eigenvalue weighted by atomic mass is 16.5. The summed E-state index contributed by atoms with van der Waals surface area (Å²) in [6.45, 7) is 3.40. The number of carbonyl (C=O) groups excluding carboxylic acids is 1. The second kappa shape index (κ2) is 3.57. The SMILES string of the molecule is COC(=O)C(N)c1nc(C)oc1C. The molecule has 1 aromatic rings. The van der Waals surface area contributed by atoms with E-state index in [1.807, 2.05) is 0 Å². The minimum Gasteiger partial charge on any atom is -0.468 e. The van der Waals surface area contributed by atoms with E-state index < -0.39 is 12.0 Å². The van der Waals surface area contributed by atoms with Crippen LogP contribution in [-0.4, -0.2) is 18.1 Å². The largest absolute Gasteiger partial charge is 0.468 e. The molecule has 0 aliphatic rings. The number of aryl methyl sites for hydroxylation is 2. The maximum absolute atomic E-state index is 11.0. The molecule has 5 nitrogen and oxygen atoms in total. The van der Waals surface area contributed by atoms with Crippen molar-refractivity contribution in [1.29, 1.82) is 0 Å². The van der Waals surface area contributed by atoms with Crippen molar-refractivity contribution in [3.8, 4) is 0 Å². The van der Waals surface area contributed by atoms with E-state index in [1.54, 1.807) is 13.8 Å². The van der Waals surface area contributed by atoms with Crippen molar-refractivity contribution in [1.82, 2.24) is 4.98 Å². The van der Waals surface area contributed by atoms with Crippen molar-refractivity contribution in [2.75, 3.05) is 7.11 Å². The molecule has 0 aliphatic heterocycles. The van der Waals surface area contributed by atoms with Gasteiger partial charge in [0, 0.05) is 6.92 Å². The van der Waals surface area contributed by atoms with Gasteiger partial charge in [-0.3, -0.25) is 0 Å². The second-order valence-corrected chi connectivity index (χ2v) is 2.68. The Bertz CT molecular complexity index is 319. The number of rotatable bonds is 2. The van der Waals surface area contributed by atoms with E-state index in [4.69, 9.17) is 10.2 Å². The molecule has 1 rings (SSSR count). The zero-order valence-corrected chi connectivity index (χ0v) is 7.83. The summed E-state index contributed by atoms with van der Waals surface area (Å²) in [5.74, 6) is 0.527. The van der Waals surface area contributed by atoms with E-state index in [0.717, 1.165) is 0 Å². The van der Waals surface area contributed by atoms with Crippen LogP contribution >= 0.6 is 0 Å². The monoisotopic (exact) mass is 184 g/mol. The van der Waals surface area contributed by atoms with E-state index in [-0.39, 0.29) is 0 Å². The maximum atomic E-state index is 11.0. The average molecular weight is 184 g/mol. The molecule has 1 aromatic heterocycles. The average Bonchev–Trinajstić information content (AvgIpc) is 2.42. The molecular weight excluding hydrogens is 172 g/mol. The Hall–Kier alpha value is -1.36. The van der Waals surface area contributed by atoms with Crippen LogP contribution in [0.2, 0.25) is 0 Å². The van der Waals surface area contributed by atoms with Crippen LogP contribution in [0.3, 0.4) is 0 Å². The first-order valence-corrected chi connectivity index (χ1v) is 3.83. The molecule has 0 aliphatic carbocycles. The highest BCUT2D eigenvalue weighted by Gasteiger charge is 2.22.